The minimum atomic E-state index is 0.120. The number of nitrogens with zero attached hydrogens (tertiary/aromatic N) is 3. The molecule has 0 saturated carbocycles. The van der Waals surface area contributed by atoms with E-state index in [1.807, 2.05) is 18.2 Å². The molecule has 5 heteroatoms. The van der Waals surface area contributed by atoms with E-state index in [0.717, 1.165) is 50.5 Å². The van der Waals surface area contributed by atoms with Crippen LogP contribution in [0.1, 0.15) is 22.5 Å². The molecule has 5 nitrogen and oxygen atoms in total. The maximum Gasteiger partial charge on any atom is 0.0925 e. The van der Waals surface area contributed by atoms with Gasteiger partial charge in [-0.15, -0.1) is 0 Å². The maximum atomic E-state index is 9.42. The summed E-state index contributed by atoms with van der Waals surface area (Å²) in [6.07, 6.45) is 1.77. The zero-order chi connectivity index (χ0) is 15.4. The Morgan fingerprint density at radius 2 is 1.68 bits per heavy atom. The van der Waals surface area contributed by atoms with Crippen LogP contribution in [0.25, 0.3) is 0 Å². The van der Waals surface area contributed by atoms with Gasteiger partial charge in [0.15, 0.2) is 0 Å². The first kappa shape index (κ1) is 15.2. The number of nitrogens with one attached hydrogen (secondary N) is 1. The van der Waals surface area contributed by atoms with Crippen molar-refractivity contribution in [2.75, 3.05) is 26.2 Å². The van der Waals surface area contributed by atoms with Crippen molar-refractivity contribution in [1.29, 1.82) is 0 Å². The smallest absolute Gasteiger partial charge is 0.0925 e. The number of piperazine rings is 1. The van der Waals surface area contributed by atoms with Crippen LogP contribution in [0.4, 0.5) is 0 Å². The molecule has 22 heavy (non-hydrogen) atoms. The number of aliphatic hydroxyl groups is 1. The lowest BCUT2D eigenvalue weighted by Gasteiger charge is -2.34. The zero-order valence-corrected chi connectivity index (χ0v) is 13.1. The standard InChI is InChI=1S/C17H24N4O/c1-14-17(19-13-18-14)11-21-8-6-20(7-9-21)10-15-4-2-3-5-16(15)12-22/h2-5,13,22H,6-12H2,1H3,(H,18,19). The highest BCUT2D eigenvalue weighted by molar-refractivity contribution is 5.26. The van der Waals surface area contributed by atoms with Crippen molar-refractivity contribution < 1.29 is 5.11 Å². The molecule has 1 aromatic heterocycles. The maximum absolute atomic E-state index is 9.42. The average molecular weight is 300 g/mol. The Bertz CT molecular complexity index is 602. The van der Waals surface area contributed by atoms with Crippen LogP contribution in [-0.2, 0) is 19.7 Å². The van der Waals surface area contributed by atoms with Gasteiger partial charge in [-0.3, -0.25) is 9.80 Å². The minimum absolute atomic E-state index is 0.120. The number of aryl methyl sites for hydroxylation is 1. The lowest BCUT2D eigenvalue weighted by atomic mass is 10.1. The molecule has 118 valence electrons. The molecule has 0 atom stereocenters. The van der Waals surface area contributed by atoms with Gasteiger partial charge in [0, 0.05) is 45.0 Å². The predicted molar refractivity (Wildman–Crippen MR) is 86.2 cm³/mol. The van der Waals surface area contributed by atoms with Crippen LogP contribution in [0, 0.1) is 6.92 Å². The second-order valence-electron chi connectivity index (χ2n) is 5.95. The van der Waals surface area contributed by atoms with Gasteiger partial charge < -0.3 is 10.1 Å². The van der Waals surface area contributed by atoms with Crippen molar-refractivity contribution in [2.45, 2.75) is 26.6 Å². The molecule has 0 amide bonds. The Kier molecular flexibility index (Phi) is 4.87. The third kappa shape index (κ3) is 3.55. The van der Waals surface area contributed by atoms with Crippen LogP contribution < -0.4 is 0 Å². The quantitative estimate of drug-likeness (QED) is 0.879. The van der Waals surface area contributed by atoms with Crippen molar-refractivity contribution in [2.24, 2.45) is 0 Å². The number of hydrogen-bond acceptors (Lipinski definition) is 4. The van der Waals surface area contributed by atoms with Crippen LogP contribution >= 0.6 is 0 Å². The molecule has 1 aromatic carbocycles. The monoisotopic (exact) mass is 300 g/mol. The molecular formula is C17H24N4O. The second-order valence-corrected chi connectivity index (χ2v) is 5.95. The lowest BCUT2D eigenvalue weighted by Crippen LogP contribution is -2.45. The molecule has 1 aliphatic rings. The van der Waals surface area contributed by atoms with Gasteiger partial charge in [-0.2, -0.15) is 0 Å². The molecule has 1 fully saturated rings. The van der Waals surface area contributed by atoms with Gasteiger partial charge in [-0.1, -0.05) is 24.3 Å². The first-order chi connectivity index (χ1) is 10.8. The number of H-pyrrole nitrogens is 1. The number of benzene rings is 1. The molecule has 2 heterocycles. The molecule has 3 rings (SSSR count). The molecule has 0 aliphatic carbocycles. The summed E-state index contributed by atoms with van der Waals surface area (Å²) in [5, 5.41) is 9.42. The van der Waals surface area contributed by atoms with Crippen molar-refractivity contribution >= 4 is 0 Å². The Balaban J connectivity index is 1.52. The van der Waals surface area contributed by atoms with Crippen LogP contribution in [0.5, 0.6) is 0 Å². The number of aromatic amines is 1. The van der Waals surface area contributed by atoms with Gasteiger partial charge in [0.05, 0.1) is 18.6 Å². The van der Waals surface area contributed by atoms with Gasteiger partial charge in [0.2, 0.25) is 0 Å². The summed E-state index contributed by atoms with van der Waals surface area (Å²) >= 11 is 0. The van der Waals surface area contributed by atoms with Crippen LogP contribution in [0.3, 0.4) is 0 Å². The molecule has 0 bridgehead atoms. The summed E-state index contributed by atoms with van der Waals surface area (Å²) in [5.74, 6) is 0. The molecule has 1 saturated heterocycles. The molecule has 0 radical (unpaired) electrons. The summed E-state index contributed by atoms with van der Waals surface area (Å²) in [4.78, 5) is 12.4. The van der Waals surface area contributed by atoms with Crippen LogP contribution in [0.15, 0.2) is 30.6 Å². The average Bonchev–Trinajstić information content (AvgIpc) is 2.95. The lowest BCUT2D eigenvalue weighted by molar-refractivity contribution is 0.120. The van der Waals surface area contributed by atoms with E-state index in [9.17, 15) is 5.11 Å². The zero-order valence-electron chi connectivity index (χ0n) is 13.1. The normalized spacial score (nSPS) is 17.0. The molecule has 2 N–H and O–H groups in total. The Morgan fingerprint density at radius 1 is 1.05 bits per heavy atom. The van der Waals surface area contributed by atoms with Crippen molar-refractivity contribution in [3.63, 3.8) is 0 Å². The Labute approximate surface area is 131 Å². The topological polar surface area (TPSA) is 55.4 Å². The molecular weight excluding hydrogens is 276 g/mol. The largest absolute Gasteiger partial charge is 0.392 e. The third-order valence-corrected chi connectivity index (χ3v) is 4.46. The van der Waals surface area contributed by atoms with Crippen LogP contribution in [-0.4, -0.2) is 51.1 Å². The third-order valence-electron chi connectivity index (χ3n) is 4.46. The van der Waals surface area contributed by atoms with Gasteiger partial charge in [0.25, 0.3) is 0 Å². The Morgan fingerprint density at radius 3 is 2.27 bits per heavy atom. The van der Waals surface area contributed by atoms with E-state index in [4.69, 9.17) is 0 Å². The highest BCUT2D eigenvalue weighted by Gasteiger charge is 2.18. The predicted octanol–water partition coefficient (Wildman–Crippen LogP) is 1.53. The highest BCUT2D eigenvalue weighted by atomic mass is 16.3. The molecule has 0 spiro atoms. The van der Waals surface area contributed by atoms with Gasteiger partial charge >= 0.3 is 0 Å². The van der Waals surface area contributed by atoms with Crippen LogP contribution in [0.2, 0.25) is 0 Å². The number of aromatic nitrogens is 2. The van der Waals surface area contributed by atoms with Gasteiger partial charge in [-0.25, -0.2) is 4.98 Å². The summed E-state index contributed by atoms with van der Waals surface area (Å²) in [7, 11) is 0. The highest BCUT2D eigenvalue weighted by Crippen LogP contribution is 2.15. The summed E-state index contributed by atoms with van der Waals surface area (Å²) < 4.78 is 0. The summed E-state index contributed by atoms with van der Waals surface area (Å²) in [6, 6.07) is 8.15. The SMILES string of the molecule is Cc1[nH]cnc1CN1CCN(Cc2ccccc2CO)CC1. The molecule has 2 aromatic rings. The Hall–Kier alpha value is -1.69. The summed E-state index contributed by atoms with van der Waals surface area (Å²) in [5.41, 5.74) is 4.59. The summed E-state index contributed by atoms with van der Waals surface area (Å²) in [6.45, 7) is 8.29. The van der Waals surface area contributed by atoms with Gasteiger partial charge in [0.1, 0.15) is 0 Å². The fourth-order valence-electron chi connectivity index (χ4n) is 2.97. The molecule has 0 unspecified atom stereocenters. The molecule has 1 aliphatic heterocycles. The van der Waals surface area contributed by atoms with E-state index < -0.39 is 0 Å². The van der Waals surface area contributed by atoms with E-state index in [1.54, 1.807) is 6.33 Å². The van der Waals surface area contributed by atoms with Gasteiger partial charge in [-0.05, 0) is 18.1 Å². The van der Waals surface area contributed by atoms with E-state index in [0.29, 0.717) is 0 Å². The first-order valence-electron chi connectivity index (χ1n) is 7.87. The second kappa shape index (κ2) is 7.05. The van der Waals surface area contributed by atoms with E-state index in [1.165, 1.54) is 11.3 Å². The number of rotatable bonds is 5. The first-order valence-corrected chi connectivity index (χ1v) is 7.87. The van der Waals surface area contributed by atoms with Crippen molar-refractivity contribution in [1.82, 2.24) is 19.8 Å². The number of hydrogen-bond donors (Lipinski definition) is 2. The van der Waals surface area contributed by atoms with E-state index in [2.05, 4.69) is 32.8 Å². The van der Waals surface area contributed by atoms with E-state index in [-0.39, 0.29) is 6.61 Å². The van der Waals surface area contributed by atoms with Crippen molar-refractivity contribution in [3.05, 3.63) is 53.1 Å². The fraction of sp³-hybridized carbons (Fsp3) is 0.471. The van der Waals surface area contributed by atoms with E-state index >= 15 is 0 Å². The number of aliphatic hydroxyl groups excluding tert-OH is 1. The fourth-order valence-corrected chi connectivity index (χ4v) is 2.97. The number of imidazole rings is 1. The van der Waals surface area contributed by atoms with Crippen molar-refractivity contribution in [3.8, 4) is 0 Å². The minimum Gasteiger partial charge on any atom is -0.392 e.